The minimum absolute atomic E-state index is 0.0569. The molecule has 0 aliphatic carbocycles. The lowest BCUT2D eigenvalue weighted by molar-refractivity contribution is 0.0587. The molecule has 1 aromatic rings. The average molecular weight is 274 g/mol. The van der Waals surface area contributed by atoms with E-state index in [9.17, 15) is 13.2 Å². The molecule has 0 aromatic carbocycles. The number of carbonyl (C=O) groups excluding carboxylic acids is 1. The summed E-state index contributed by atoms with van der Waals surface area (Å²) in [5, 5.41) is 2.85. The summed E-state index contributed by atoms with van der Waals surface area (Å²) in [6.07, 6.45) is 2.48. The van der Waals surface area contributed by atoms with Crippen LogP contribution in [0.25, 0.3) is 0 Å². The minimum atomic E-state index is -3.20. The van der Waals surface area contributed by atoms with Gasteiger partial charge in [0.25, 0.3) is 0 Å². The number of rotatable bonds is 6. The van der Waals surface area contributed by atoms with Crippen LogP contribution in [0.5, 0.6) is 0 Å². The average Bonchev–Trinajstić information content (AvgIpc) is 2.33. The fraction of sp³-hybridized carbons (Fsp3) is 0.444. The lowest BCUT2D eigenvalue weighted by atomic mass is 10.5. The third kappa shape index (κ3) is 5.06. The highest BCUT2D eigenvalue weighted by Crippen LogP contribution is 2.02. The van der Waals surface area contributed by atoms with Crippen molar-refractivity contribution in [2.45, 2.75) is 0 Å². The van der Waals surface area contributed by atoms with E-state index in [4.69, 9.17) is 0 Å². The smallest absolute Gasteiger partial charge is 0.376 e. The molecule has 0 bridgehead atoms. The number of hydrogen-bond donors (Lipinski definition) is 2. The van der Waals surface area contributed by atoms with Crippen LogP contribution in [0.3, 0.4) is 0 Å². The first-order valence-corrected chi connectivity index (χ1v) is 6.91. The van der Waals surface area contributed by atoms with Gasteiger partial charge in [-0.25, -0.2) is 27.9 Å². The SMILES string of the molecule is COC(=O)c1nccc(NCCNS(C)(=O)=O)n1. The molecule has 8 nitrogen and oxygen atoms in total. The zero-order valence-electron chi connectivity index (χ0n) is 10.0. The van der Waals surface area contributed by atoms with Crippen molar-refractivity contribution in [3.63, 3.8) is 0 Å². The topological polar surface area (TPSA) is 110 Å². The fourth-order valence-corrected chi connectivity index (χ4v) is 1.55. The molecule has 0 aliphatic rings. The van der Waals surface area contributed by atoms with E-state index in [-0.39, 0.29) is 12.4 Å². The van der Waals surface area contributed by atoms with Gasteiger partial charge >= 0.3 is 5.97 Å². The number of esters is 1. The van der Waals surface area contributed by atoms with Crippen molar-refractivity contribution in [2.24, 2.45) is 0 Å². The Labute approximate surface area is 105 Å². The number of ether oxygens (including phenoxy) is 1. The van der Waals surface area contributed by atoms with Crippen molar-refractivity contribution in [2.75, 3.05) is 31.8 Å². The van der Waals surface area contributed by atoms with Crippen LogP contribution in [-0.2, 0) is 14.8 Å². The Morgan fingerprint density at radius 1 is 1.44 bits per heavy atom. The maximum absolute atomic E-state index is 11.2. The maximum atomic E-state index is 11.2. The molecule has 1 rings (SSSR count). The lowest BCUT2D eigenvalue weighted by Crippen LogP contribution is -2.27. The van der Waals surface area contributed by atoms with Crippen molar-refractivity contribution in [1.82, 2.24) is 14.7 Å². The van der Waals surface area contributed by atoms with E-state index < -0.39 is 16.0 Å². The fourth-order valence-electron chi connectivity index (χ4n) is 1.07. The summed E-state index contributed by atoms with van der Waals surface area (Å²) in [6, 6.07) is 1.56. The molecule has 1 heterocycles. The van der Waals surface area contributed by atoms with Crippen LogP contribution >= 0.6 is 0 Å². The maximum Gasteiger partial charge on any atom is 0.376 e. The Hall–Kier alpha value is -1.74. The van der Waals surface area contributed by atoms with Gasteiger partial charge in [0.05, 0.1) is 13.4 Å². The van der Waals surface area contributed by atoms with Crippen molar-refractivity contribution in [3.8, 4) is 0 Å². The van der Waals surface area contributed by atoms with Crippen LogP contribution in [0.15, 0.2) is 12.3 Å². The van der Waals surface area contributed by atoms with E-state index in [1.165, 1.54) is 13.3 Å². The first-order valence-electron chi connectivity index (χ1n) is 5.02. The van der Waals surface area contributed by atoms with Gasteiger partial charge in [-0.05, 0) is 6.07 Å². The molecule has 0 fully saturated rings. The molecular formula is C9H14N4O4S. The Kier molecular flexibility index (Phi) is 4.98. The molecule has 9 heteroatoms. The molecule has 0 unspecified atom stereocenters. The minimum Gasteiger partial charge on any atom is -0.463 e. The Balaban J connectivity index is 2.50. The van der Waals surface area contributed by atoms with Crippen LogP contribution in [-0.4, -0.2) is 50.8 Å². The summed E-state index contributed by atoms with van der Waals surface area (Å²) >= 11 is 0. The molecule has 0 radical (unpaired) electrons. The first kappa shape index (κ1) is 14.3. The first-order chi connectivity index (χ1) is 8.42. The predicted molar refractivity (Wildman–Crippen MR) is 64.7 cm³/mol. The normalized spacial score (nSPS) is 11.0. The molecule has 0 spiro atoms. The number of nitrogens with one attached hydrogen (secondary N) is 2. The van der Waals surface area contributed by atoms with Gasteiger partial charge in [0.15, 0.2) is 0 Å². The second-order valence-corrected chi connectivity index (χ2v) is 5.18. The van der Waals surface area contributed by atoms with Gasteiger partial charge in [-0.1, -0.05) is 0 Å². The summed E-state index contributed by atoms with van der Waals surface area (Å²) in [5.74, 6) is -0.271. The largest absolute Gasteiger partial charge is 0.463 e. The van der Waals surface area contributed by atoms with Gasteiger partial charge in [0.2, 0.25) is 15.8 Å². The summed E-state index contributed by atoms with van der Waals surface area (Å²) < 4.78 is 28.4. The van der Waals surface area contributed by atoms with Gasteiger partial charge in [0.1, 0.15) is 5.82 Å². The number of carbonyl (C=O) groups is 1. The third-order valence-electron chi connectivity index (χ3n) is 1.82. The summed E-state index contributed by atoms with van der Waals surface area (Å²) in [5.41, 5.74) is 0. The molecule has 0 saturated heterocycles. The zero-order chi connectivity index (χ0) is 13.6. The van der Waals surface area contributed by atoms with Crippen molar-refractivity contribution in [3.05, 3.63) is 18.1 Å². The second kappa shape index (κ2) is 6.26. The Morgan fingerprint density at radius 3 is 2.78 bits per heavy atom. The Bertz CT molecular complexity index is 517. The predicted octanol–water partition coefficient (Wildman–Crippen LogP) is -0.776. The van der Waals surface area contributed by atoms with Crippen molar-refractivity contribution >= 4 is 21.8 Å². The van der Waals surface area contributed by atoms with E-state index in [1.807, 2.05) is 0 Å². The van der Waals surface area contributed by atoms with E-state index in [2.05, 4.69) is 24.7 Å². The second-order valence-electron chi connectivity index (χ2n) is 3.35. The number of nitrogens with zero attached hydrogens (tertiary/aromatic N) is 2. The van der Waals surface area contributed by atoms with Gasteiger partial charge in [-0.3, -0.25) is 0 Å². The van der Waals surface area contributed by atoms with Crippen LogP contribution < -0.4 is 10.0 Å². The van der Waals surface area contributed by atoms with Crippen LogP contribution in [0, 0.1) is 0 Å². The van der Waals surface area contributed by atoms with Crippen molar-refractivity contribution in [1.29, 1.82) is 0 Å². The molecule has 0 atom stereocenters. The molecule has 0 saturated carbocycles. The molecule has 0 amide bonds. The van der Waals surface area contributed by atoms with E-state index in [0.717, 1.165) is 6.26 Å². The number of sulfonamides is 1. The van der Waals surface area contributed by atoms with E-state index in [0.29, 0.717) is 12.4 Å². The highest BCUT2D eigenvalue weighted by molar-refractivity contribution is 7.88. The molecule has 18 heavy (non-hydrogen) atoms. The van der Waals surface area contributed by atoms with Gasteiger partial charge in [0, 0.05) is 19.3 Å². The molecular weight excluding hydrogens is 260 g/mol. The van der Waals surface area contributed by atoms with Gasteiger partial charge < -0.3 is 10.1 Å². The molecule has 0 aliphatic heterocycles. The van der Waals surface area contributed by atoms with E-state index >= 15 is 0 Å². The monoisotopic (exact) mass is 274 g/mol. The number of hydrogen-bond acceptors (Lipinski definition) is 7. The molecule has 2 N–H and O–H groups in total. The van der Waals surface area contributed by atoms with E-state index in [1.54, 1.807) is 6.07 Å². The Morgan fingerprint density at radius 2 is 2.17 bits per heavy atom. The van der Waals surface area contributed by atoms with Crippen LogP contribution in [0.1, 0.15) is 10.6 Å². The number of anilines is 1. The van der Waals surface area contributed by atoms with Gasteiger partial charge in [-0.2, -0.15) is 0 Å². The number of methoxy groups -OCH3 is 1. The summed E-state index contributed by atoms with van der Waals surface area (Å²) in [4.78, 5) is 18.8. The standard InChI is InChI=1S/C9H14N4O4S/c1-17-9(14)8-11-4-3-7(13-8)10-5-6-12-18(2,15)16/h3-4,12H,5-6H2,1-2H3,(H,10,11,13). The highest BCUT2D eigenvalue weighted by Gasteiger charge is 2.09. The zero-order valence-corrected chi connectivity index (χ0v) is 10.8. The third-order valence-corrected chi connectivity index (χ3v) is 2.55. The quantitative estimate of drug-likeness (QED) is 0.517. The van der Waals surface area contributed by atoms with Crippen molar-refractivity contribution < 1.29 is 17.9 Å². The van der Waals surface area contributed by atoms with Gasteiger partial charge in [-0.15, -0.1) is 0 Å². The lowest BCUT2D eigenvalue weighted by Gasteiger charge is -2.06. The summed E-state index contributed by atoms with van der Waals surface area (Å²) in [6.45, 7) is 0.557. The summed E-state index contributed by atoms with van der Waals surface area (Å²) in [7, 11) is -1.96. The molecule has 1 aromatic heterocycles. The van der Waals surface area contributed by atoms with Crippen LogP contribution in [0.4, 0.5) is 5.82 Å². The van der Waals surface area contributed by atoms with Crippen LogP contribution in [0.2, 0.25) is 0 Å². The molecule has 100 valence electrons. The number of aromatic nitrogens is 2. The highest BCUT2D eigenvalue weighted by atomic mass is 32.2.